The molecular formula is C20H25N3O. The van der Waals surface area contributed by atoms with Crippen LogP contribution in [0.3, 0.4) is 0 Å². The summed E-state index contributed by atoms with van der Waals surface area (Å²) in [7, 11) is 1.65. The van der Waals surface area contributed by atoms with Gasteiger partial charge in [0.05, 0.1) is 18.5 Å². The first-order valence-corrected chi connectivity index (χ1v) is 8.61. The Hall–Kier alpha value is -2.33. The molecule has 3 N–H and O–H groups in total. The number of nitrogens with two attached hydrogens (primary N) is 1. The number of rotatable bonds is 7. The number of hydrogen-bond acceptors (Lipinski definition) is 3. The summed E-state index contributed by atoms with van der Waals surface area (Å²) in [5, 5.41) is 1.30. The number of ether oxygens (including phenoxy) is 1. The van der Waals surface area contributed by atoms with Crippen molar-refractivity contribution in [1.29, 1.82) is 0 Å². The summed E-state index contributed by atoms with van der Waals surface area (Å²) in [6.45, 7) is 2.92. The van der Waals surface area contributed by atoms with Crippen LogP contribution in [-0.4, -0.2) is 23.6 Å². The number of nitrogens with one attached hydrogen (secondary N) is 1. The van der Waals surface area contributed by atoms with Gasteiger partial charge in [0.25, 0.3) is 0 Å². The van der Waals surface area contributed by atoms with Crippen molar-refractivity contribution in [2.45, 2.75) is 32.6 Å². The van der Waals surface area contributed by atoms with Crippen molar-refractivity contribution in [3.63, 3.8) is 0 Å². The minimum absolute atomic E-state index is 0.633. The SMILES string of the molecule is CCc1ccc2[nH]c(-c3cccc(OC)n3)c(CCCCN)c2c1. The second-order valence-corrected chi connectivity index (χ2v) is 6.02. The van der Waals surface area contributed by atoms with Crippen LogP contribution in [0, 0.1) is 0 Å². The summed E-state index contributed by atoms with van der Waals surface area (Å²) in [5.74, 6) is 0.633. The Morgan fingerprint density at radius 2 is 2.04 bits per heavy atom. The molecule has 4 nitrogen and oxygen atoms in total. The molecule has 0 spiro atoms. The van der Waals surface area contributed by atoms with Crippen molar-refractivity contribution < 1.29 is 4.74 Å². The van der Waals surface area contributed by atoms with Gasteiger partial charge in [-0.15, -0.1) is 0 Å². The van der Waals surface area contributed by atoms with Crippen molar-refractivity contribution in [2.75, 3.05) is 13.7 Å². The molecule has 0 atom stereocenters. The molecule has 0 aliphatic rings. The highest BCUT2D eigenvalue weighted by atomic mass is 16.5. The van der Waals surface area contributed by atoms with Gasteiger partial charge in [-0.2, -0.15) is 0 Å². The largest absolute Gasteiger partial charge is 0.481 e. The average Bonchev–Trinajstić information content (AvgIpc) is 3.00. The number of aromatic amines is 1. The van der Waals surface area contributed by atoms with E-state index in [9.17, 15) is 0 Å². The van der Waals surface area contributed by atoms with Crippen LogP contribution >= 0.6 is 0 Å². The summed E-state index contributed by atoms with van der Waals surface area (Å²) >= 11 is 0. The number of fused-ring (bicyclic) bond motifs is 1. The van der Waals surface area contributed by atoms with Crippen LogP contribution < -0.4 is 10.5 Å². The molecule has 0 aliphatic heterocycles. The minimum atomic E-state index is 0.633. The summed E-state index contributed by atoms with van der Waals surface area (Å²) < 4.78 is 5.28. The molecule has 0 radical (unpaired) electrons. The molecule has 4 heteroatoms. The molecule has 3 rings (SSSR count). The van der Waals surface area contributed by atoms with Crippen LogP contribution in [-0.2, 0) is 12.8 Å². The van der Waals surface area contributed by atoms with Gasteiger partial charge in [0.1, 0.15) is 0 Å². The highest BCUT2D eigenvalue weighted by Gasteiger charge is 2.15. The molecule has 3 aromatic rings. The molecule has 1 aromatic carbocycles. The minimum Gasteiger partial charge on any atom is -0.481 e. The molecule has 0 unspecified atom stereocenters. The topological polar surface area (TPSA) is 63.9 Å². The van der Waals surface area contributed by atoms with Crippen LogP contribution in [0.2, 0.25) is 0 Å². The van der Waals surface area contributed by atoms with Crippen LogP contribution in [0.5, 0.6) is 5.88 Å². The fourth-order valence-corrected chi connectivity index (χ4v) is 3.11. The third-order valence-corrected chi connectivity index (χ3v) is 4.45. The fraction of sp³-hybridized carbons (Fsp3) is 0.350. The third kappa shape index (κ3) is 3.29. The van der Waals surface area contributed by atoms with Gasteiger partial charge in [0.15, 0.2) is 0 Å². The van der Waals surface area contributed by atoms with E-state index in [-0.39, 0.29) is 0 Å². The first kappa shape index (κ1) is 16.5. The van der Waals surface area contributed by atoms with Gasteiger partial charge in [-0.1, -0.05) is 19.1 Å². The number of benzene rings is 1. The van der Waals surface area contributed by atoms with Gasteiger partial charge in [-0.3, -0.25) is 0 Å². The number of unbranched alkanes of at least 4 members (excludes halogenated alkanes) is 1. The Morgan fingerprint density at radius 3 is 2.79 bits per heavy atom. The summed E-state index contributed by atoms with van der Waals surface area (Å²) in [4.78, 5) is 8.17. The molecule has 0 saturated carbocycles. The Labute approximate surface area is 143 Å². The van der Waals surface area contributed by atoms with E-state index in [0.29, 0.717) is 5.88 Å². The van der Waals surface area contributed by atoms with Crippen LogP contribution in [0.25, 0.3) is 22.3 Å². The molecular weight excluding hydrogens is 298 g/mol. The molecule has 0 amide bonds. The number of aromatic nitrogens is 2. The number of hydrogen-bond donors (Lipinski definition) is 2. The summed E-state index contributed by atoms with van der Waals surface area (Å²) in [6.07, 6.45) is 4.15. The van der Waals surface area contributed by atoms with E-state index in [0.717, 1.165) is 49.1 Å². The normalized spacial score (nSPS) is 11.1. The van der Waals surface area contributed by atoms with E-state index in [1.807, 2.05) is 18.2 Å². The molecule has 0 fully saturated rings. The molecule has 2 heterocycles. The molecule has 0 saturated heterocycles. The Balaban J connectivity index is 2.12. The smallest absolute Gasteiger partial charge is 0.213 e. The maximum Gasteiger partial charge on any atom is 0.213 e. The third-order valence-electron chi connectivity index (χ3n) is 4.45. The van der Waals surface area contributed by atoms with Gasteiger partial charge in [-0.25, -0.2) is 4.98 Å². The van der Waals surface area contributed by atoms with E-state index in [1.54, 1.807) is 7.11 Å². The zero-order chi connectivity index (χ0) is 16.9. The lowest BCUT2D eigenvalue weighted by Crippen LogP contribution is -1.99. The molecule has 126 valence electrons. The predicted molar refractivity (Wildman–Crippen MR) is 99.5 cm³/mol. The number of aryl methyl sites for hydroxylation is 2. The van der Waals surface area contributed by atoms with Crippen LogP contribution in [0.4, 0.5) is 0 Å². The van der Waals surface area contributed by atoms with Crippen molar-refractivity contribution in [3.8, 4) is 17.3 Å². The Kier molecular flexibility index (Phi) is 5.16. The number of methoxy groups -OCH3 is 1. The average molecular weight is 323 g/mol. The number of pyridine rings is 1. The Morgan fingerprint density at radius 1 is 1.17 bits per heavy atom. The standard InChI is InChI=1S/C20H25N3O/c1-3-14-10-11-17-16(13-14)15(7-4-5-12-21)20(23-17)18-8-6-9-19(22-18)24-2/h6,8-11,13,23H,3-5,7,12,21H2,1-2H3. The lowest BCUT2D eigenvalue weighted by molar-refractivity contribution is 0.398. The lowest BCUT2D eigenvalue weighted by atomic mass is 10.0. The zero-order valence-corrected chi connectivity index (χ0v) is 14.4. The molecule has 0 aliphatic carbocycles. The molecule has 2 aromatic heterocycles. The number of H-pyrrole nitrogens is 1. The highest BCUT2D eigenvalue weighted by molar-refractivity contribution is 5.90. The van der Waals surface area contributed by atoms with E-state index in [4.69, 9.17) is 10.5 Å². The number of nitrogens with zero attached hydrogens (tertiary/aromatic N) is 1. The summed E-state index contributed by atoms with van der Waals surface area (Å²) in [5.41, 5.74) is 11.5. The van der Waals surface area contributed by atoms with Gasteiger partial charge >= 0.3 is 0 Å². The lowest BCUT2D eigenvalue weighted by Gasteiger charge is -2.06. The van der Waals surface area contributed by atoms with Crippen LogP contribution in [0.15, 0.2) is 36.4 Å². The van der Waals surface area contributed by atoms with E-state index < -0.39 is 0 Å². The zero-order valence-electron chi connectivity index (χ0n) is 14.4. The predicted octanol–water partition coefficient (Wildman–Crippen LogP) is 4.08. The van der Waals surface area contributed by atoms with Crippen molar-refractivity contribution in [3.05, 3.63) is 47.5 Å². The van der Waals surface area contributed by atoms with Gasteiger partial charge in [-0.05, 0) is 61.6 Å². The maximum atomic E-state index is 5.68. The van der Waals surface area contributed by atoms with Gasteiger partial charge in [0.2, 0.25) is 5.88 Å². The monoisotopic (exact) mass is 323 g/mol. The van der Waals surface area contributed by atoms with Gasteiger partial charge in [0, 0.05) is 17.0 Å². The first-order valence-electron chi connectivity index (χ1n) is 8.61. The second kappa shape index (κ2) is 7.49. The van der Waals surface area contributed by atoms with Crippen molar-refractivity contribution in [2.24, 2.45) is 5.73 Å². The molecule has 0 bridgehead atoms. The van der Waals surface area contributed by atoms with Crippen LogP contribution in [0.1, 0.15) is 30.9 Å². The maximum absolute atomic E-state index is 5.68. The van der Waals surface area contributed by atoms with Crippen molar-refractivity contribution >= 4 is 10.9 Å². The van der Waals surface area contributed by atoms with E-state index >= 15 is 0 Å². The highest BCUT2D eigenvalue weighted by Crippen LogP contribution is 2.32. The second-order valence-electron chi connectivity index (χ2n) is 6.02. The fourth-order valence-electron chi connectivity index (χ4n) is 3.11. The van der Waals surface area contributed by atoms with Crippen molar-refractivity contribution in [1.82, 2.24) is 9.97 Å². The van der Waals surface area contributed by atoms with E-state index in [1.165, 1.54) is 16.5 Å². The first-order chi connectivity index (χ1) is 11.8. The van der Waals surface area contributed by atoms with Gasteiger partial charge < -0.3 is 15.5 Å². The quantitative estimate of drug-likeness (QED) is 0.644. The summed E-state index contributed by atoms with van der Waals surface area (Å²) in [6, 6.07) is 12.5. The Bertz CT molecular complexity index is 823. The van der Waals surface area contributed by atoms with E-state index in [2.05, 4.69) is 35.1 Å². The molecule has 24 heavy (non-hydrogen) atoms.